The highest BCUT2D eigenvalue weighted by Crippen LogP contribution is 2.33. The summed E-state index contributed by atoms with van der Waals surface area (Å²) in [6.07, 6.45) is 0. The minimum atomic E-state index is -0.591. The molecule has 0 aliphatic heterocycles. The Morgan fingerprint density at radius 1 is 0.931 bits per heavy atom. The maximum Gasteiger partial charge on any atom is 0.344 e. The van der Waals surface area contributed by atoms with Crippen molar-refractivity contribution in [2.75, 3.05) is 13.1 Å². The number of hydrogen-bond acceptors (Lipinski definition) is 6. The van der Waals surface area contributed by atoms with E-state index in [1.165, 1.54) is 6.07 Å². The first-order chi connectivity index (χ1) is 14.0. The van der Waals surface area contributed by atoms with Gasteiger partial charge >= 0.3 is 11.3 Å². The van der Waals surface area contributed by atoms with Gasteiger partial charge in [0.05, 0.1) is 11.1 Å². The molecule has 0 saturated heterocycles. The second kappa shape index (κ2) is 7.56. The first-order valence-corrected chi connectivity index (χ1v) is 9.56. The van der Waals surface area contributed by atoms with Crippen LogP contribution in [-0.4, -0.2) is 23.1 Å². The third kappa shape index (κ3) is 3.43. The van der Waals surface area contributed by atoms with Crippen molar-refractivity contribution in [1.29, 1.82) is 0 Å². The molecule has 0 unspecified atom stereocenters. The molecule has 148 valence electrons. The van der Waals surface area contributed by atoms with Crippen LogP contribution >= 0.6 is 0 Å². The van der Waals surface area contributed by atoms with E-state index in [4.69, 9.17) is 8.83 Å². The fourth-order valence-electron chi connectivity index (χ4n) is 3.57. The van der Waals surface area contributed by atoms with Gasteiger partial charge in [0, 0.05) is 28.9 Å². The molecule has 6 heteroatoms. The Bertz CT molecular complexity index is 1310. The van der Waals surface area contributed by atoms with E-state index in [2.05, 4.69) is 4.90 Å². The number of para-hydroxylation sites is 1. The summed E-state index contributed by atoms with van der Waals surface area (Å²) >= 11 is 0. The van der Waals surface area contributed by atoms with Crippen LogP contribution in [0.1, 0.15) is 19.4 Å². The lowest BCUT2D eigenvalue weighted by Gasteiger charge is -2.19. The van der Waals surface area contributed by atoms with Crippen LogP contribution in [0.4, 0.5) is 0 Å². The Kier molecular flexibility index (Phi) is 4.94. The minimum Gasteiger partial charge on any atom is -0.507 e. The van der Waals surface area contributed by atoms with E-state index < -0.39 is 11.3 Å². The Hall–Kier alpha value is -3.38. The molecule has 4 aromatic rings. The fraction of sp³-hybridized carbons (Fsp3) is 0.217. The highest BCUT2D eigenvalue weighted by atomic mass is 16.4. The van der Waals surface area contributed by atoms with Crippen molar-refractivity contribution in [3.8, 4) is 16.9 Å². The first kappa shape index (κ1) is 19.0. The number of hydrogen-bond donors (Lipinski definition) is 1. The van der Waals surface area contributed by atoms with E-state index in [0.29, 0.717) is 28.6 Å². The van der Waals surface area contributed by atoms with Crippen LogP contribution in [-0.2, 0) is 6.54 Å². The molecule has 1 N–H and O–H groups in total. The minimum absolute atomic E-state index is 0.0512. The summed E-state index contributed by atoms with van der Waals surface area (Å²) < 4.78 is 10.9. The van der Waals surface area contributed by atoms with Crippen molar-refractivity contribution in [3.63, 3.8) is 0 Å². The van der Waals surface area contributed by atoms with E-state index in [-0.39, 0.29) is 16.9 Å². The number of nitrogens with zero attached hydrogens (tertiary/aromatic N) is 1. The highest BCUT2D eigenvalue weighted by molar-refractivity contribution is 5.97. The lowest BCUT2D eigenvalue weighted by molar-refractivity contribution is 0.290. The normalized spacial score (nSPS) is 11.6. The molecule has 6 nitrogen and oxygen atoms in total. The largest absolute Gasteiger partial charge is 0.507 e. The molecule has 2 aromatic heterocycles. The predicted octanol–water partition coefficient (Wildman–Crippen LogP) is 4.11. The molecular weight excluding hydrogens is 370 g/mol. The van der Waals surface area contributed by atoms with Gasteiger partial charge in [0.15, 0.2) is 0 Å². The van der Waals surface area contributed by atoms with Gasteiger partial charge in [0.1, 0.15) is 16.9 Å². The quantitative estimate of drug-likeness (QED) is 0.516. The summed E-state index contributed by atoms with van der Waals surface area (Å²) in [6.45, 7) is 6.03. The van der Waals surface area contributed by atoms with Crippen LogP contribution in [0.2, 0.25) is 0 Å². The van der Waals surface area contributed by atoms with Crippen LogP contribution in [0.15, 0.2) is 67.0 Å². The van der Waals surface area contributed by atoms with Crippen LogP contribution in [0.25, 0.3) is 33.1 Å². The summed E-state index contributed by atoms with van der Waals surface area (Å²) in [5.41, 5.74) is 0.869. The Balaban J connectivity index is 2.01. The molecule has 0 saturated carbocycles. The SMILES string of the molecule is CCN(CC)Cc1c(O)ccc2c(-c3cc4ccccc4oc3=O)cc(=O)oc12. The van der Waals surface area contributed by atoms with Crippen molar-refractivity contribution in [2.24, 2.45) is 0 Å². The summed E-state index contributed by atoms with van der Waals surface area (Å²) in [6, 6.07) is 13.4. The van der Waals surface area contributed by atoms with Gasteiger partial charge in [0.25, 0.3) is 0 Å². The van der Waals surface area contributed by atoms with Crippen molar-refractivity contribution in [3.05, 3.63) is 74.9 Å². The fourth-order valence-corrected chi connectivity index (χ4v) is 3.57. The number of phenolic OH excluding ortho intramolecular Hbond substituents is 1. The van der Waals surface area contributed by atoms with Crippen LogP contribution < -0.4 is 11.3 Å². The maximum absolute atomic E-state index is 12.7. The average Bonchev–Trinajstić information content (AvgIpc) is 2.72. The molecular formula is C23H21NO5. The van der Waals surface area contributed by atoms with E-state index in [1.54, 1.807) is 30.3 Å². The highest BCUT2D eigenvalue weighted by Gasteiger charge is 2.18. The molecule has 2 heterocycles. The smallest absolute Gasteiger partial charge is 0.344 e. The topological polar surface area (TPSA) is 83.9 Å². The first-order valence-electron chi connectivity index (χ1n) is 9.56. The molecule has 4 rings (SSSR count). The van der Waals surface area contributed by atoms with Crippen LogP contribution in [0, 0.1) is 0 Å². The van der Waals surface area contributed by atoms with Gasteiger partial charge in [-0.25, -0.2) is 9.59 Å². The third-order valence-corrected chi connectivity index (χ3v) is 5.20. The van der Waals surface area contributed by atoms with Gasteiger partial charge < -0.3 is 13.9 Å². The van der Waals surface area contributed by atoms with Crippen molar-refractivity contribution in [2.45, 2.75) is 20.4 Å². The number of fused-ring (bicyclic) bond motifs is 2. The van der Waals surface area contributed by atoms with E-state index in [9.17, 15) is 14.7 Å². The summed E-state index contributed by atoms with van der Waals surface area (Å²) in [5.74, 6) is 0.0512. The second-order valence-electron chi connectivity index (χ2n) is 6.87. The van der Waals surface area contributed by atoms with Gasteiger partial charge in [-0.3, -0.25) is 4.90 Å². The molecule has 0 atom stereocenters. The molecule has 0 spiro atoms. The van der Waals surface area contributed by atoms with Gasteiger partial charge in [-0.15, -0.1) is 0 Å². The molecule has 0 fully saturated rings. The Labute approximate surface area is 166 Å². The maximum atomic E-state index is 12.7. The Morgan fingerprint density at radius 2 is 1.69 bits per heavy atom. The lowest BCUT2D eigenvalue weighted by atomic mass is 9.99. The molecule has 0 bridgehead atoms. The summed E-state index contributed by atoms with van der Waals surface area (Å²) in [4.78, 5) is 27.1. The predicted molar refractivity (Wildman–Crippen MR) is 112 cm³/mol. The van der Waals surface area contributed by atoms with E-state index >= 15 is 0 Å². The van der Waals surface area contributed by atoms with Gasteiger partial charge in [-0.1, -0.05) is 32.0 Å². The van der Waals surface area contributed by atoms with Crippen molar-refractivity contribution in [1.82, 2.24) is 4.90 Å². The zero-order chi connectivity index (χ0) is 20.5. The lowest BCUT2D eigenvalue weighted by Crippen LogP contribution is -2.22. The molecule has 0 aliphatic rings. The molecule has 0 radical (unpaired) electrons. The third-order valence-electron chi connectivity index (χ3n) is 5.20. The van der Waals surface area contributed by atoms with Crippen molar-refractivity contribution < 1.29 is 13.9 Å². The van der Waals surface area contributed by atoms with Crippen LogP contribution in [0.3, 0.4) is 0 Å². The zero-order valence-corrected chi connectivity index (χ0v) is 16.3. The standard InChI is InChI=1S/C23H21NO5/c1-3-24(4-2)13-18-19(25)10-9-15-16(12-21(26)29-22(15)18)17-11-14-7-5-6-8-20(14)28-23(17)27/h5-12,25H,3-4,13H2,1-2H3. The van der Waals surface area contributed by atoms with E-state index in [1.807, 2.05) is 26.0 Å². The average molecular weight is 391 g/mol. The van der Waals surface area contributed by atoms with Crippen LogP contribution in [0.5, 0.6) is 5.75 Å². The van der Waals surface area contributed by atoms with Crippen molar-refractivity contribution >= 4 is 21.9 Å². The number of aromatic hydroxyl groups is 1. The second-order valence-corrected chi connectivity index (χ2v) is 6.87. The molecule has 29 heavy (non-hydrogen) atoms. The summed E-state index contributed by atoms with van der Waals surface area (Å²) in [5, 5.41) is 11.8. The molecule has 0 amide bonds. The molecule has 2 aromatic carbocycles. The Morgan fingerprint density at radius 3 is 2.45 bits per heavy atom. The molecule has 0 aliphatic carbocycles. The number of benzene rings is 2. The number of phenols is 1. The summed E-state index contributed by atoms with van der Waals surface area (Å²) in [7, 11) is 0. The van der Waals surface area contributed by atoms with Gasteiger partial charge in [0.2, 0.25) is 0 Å². The number of rotatable bonds is 5. The van der Waals surface area contributed by atoms with Gasteiger partial charge in [-0.2, -0.15) is 0 Å². The van der Waals surface area contributed by atoms with E-state index in [0.717, 1.165) is 18.5 Å². The van der Waals surface area contributed by atoms with Gasteiger partial charge in [-0.05, 0) is 37.4 Å². The monoisotopic (exact) mass is 391 g/mol. The zero-order valence-electron chi connectivity index (χ0n) is 16.3.